The minimum absolute atomic E-state index is 0.319. The van der Waals surface area contributed by atoms with Gasteiger partial charge in [-0.15, -0.1) is 5.10 Å². The minimum Gasteiger partial charge on any atom is -0.477 e. The fourth-order valence-electron chi connectivity index (χ4n) is 0.840. The Bertz CT molecular complexity index is 586. The van der Waals surface area contributed by atoms with E-state index < -0.39 is 22.9 Å². The molecule has 11 heteroatoms. The van der Waals surface area contributed by atoms with Gasteiger partial charge in [-0.05, 0) is 0 Å². The first-order valence-corrected chi connectivity index (χ1v) is 4.36. The molecule has 0 radical (unpaired) electrons. The predicted molar refractivity (Wildman–Crippen MR) is 56.4 cm³/mol. The van der Waals surface area contributed by atoms with Gasteiger partial charge in [0.1, 0.15) is 5.69 Å². The molecule has 0 aliphatic carbocycles. The van der Waals surface area contributed by atoms with Crippen LogP contribution in [0.1, 0.15) is 10.5 Å². The number of nitrogens with zero attached hydrogens (tertiary/aromatic N) is 2. The SMILES string of the molecule is O=C(O)c1cc(=O)[nH]c(=O)[nH]1.ONc1c[nH]nn1. The molecule has 6 N–H and O–H groups in total. The van der Waals surface area contributed by atoms with Gasteiger partial charge >= 0.3 is 11.7 Å². The van der Waals surface area contributed by atoms with Crippen LogP contribution in [-0.2, 0) is 0 Å². The number of carboxylic acid groups (broad SMARTS) is 1. The molecule has 18 heavy (non-hydrogen) atoms. The number of H-pyrrole nitrogens is 3. The maximum absolute atomic E-state index is 10.5. The lowest BCUT2D eigenvalue weighted by Gasteiger charge is -1.89. The fraction of sp³-hybridized carbons (Fsp3) is 0. The Hall–Kier alpha value is -2.95. The van der Waals surface area contributed by atoms with Crippen molar-refractivity contribution in [3.63, 3.8) is 0 Å². The molecule has 11 nitrogen and oxygen atoms in total. The highest BCUT2D eigenvalue weighted by atomic mass is 16.5. The topological polar surface area (TPSA) is 177 Å². The van der Waals surface area contributed by atoms with E-state index in [1.165, 1.54) is 6.20 Å². The first-order valence-electron chi connectivity index (χ1n) is 4.36. The smallest absolute Gasteiger partial charge is 0.352 e. The number of anilines is 1. The van der Waals surface area contributed by atoms with Crippen molar-refractivity contribution in [3.05, 3.63) is 38.8 Å². The van der Waals surface area contributed by atoms with Crippen LogP contribution in [0.25, 0.3) is 0 Å². The van der Waals surface area contributed by atoms with Crippen molar-refractivity contribution in [2.24, 2.45) is 0 Å². The largest absolute Gasteiger partial charge is 0.477 e. The highest BCUT2D eigenvalue weighted by molar-refractivity contribution is 5.84. The van der Waals surface area contributed by atoms with Crippen molar-refractivity contribution in [2.45, 2.75) is 0 Å². The van der Waals surface area contributed by atoms with Crippen LogP contribution in [0, 0.1) is 0 Å². The van der Waals surface area contributed by atoms with E-state index in [-0.39, 0.29) is 0 Å². The Morgan fingerprint density at radius 3 is 2.44 bits per heavy atom. The number of hydrogen-bond donors (Lipinski definition) is 6. The predicted octanol–water partition coefficient (Wildman–Crippen LogP) is -1.63. The lowest BCUT2D eigenvalue weighted by molar-refractivity contribution is 0.0689. The number of aromatic nitrogens is 5. The molecule has 0 aliphatic rings. The average molecular weight is 256 g/mol. The van der Waals surface area contributed by atoms with E-state index in [1.54, 1.807) is 5.48 Å². The Kier molecular flexibility index (Phi) is 4.34. The van der Waals surface area contributed by atoms with Gasteiger partial charge in [0.2, 0.25) is 0 Å². The Labute approximate surface area is 97.5 Å². The van der Waals surface area contributed by atoms with Crippen molar-refractivity contribution in [1.29, 1.82) is 0 Å². The summed E-state index contributed by atoms with van der Waals surface area (Å²) in [6.45, 7) is 0. The zero-order chi connectivity index (χ0) is 13.5. The second kappa shape index (κ2) is 5.95. The standard InChI is InChI=1S/C5H4N2O4.C2H4N4O/c8-3-1-2(4(9)10)6-5(11)7-3;7-5-2-1-3-6-4-2/h1H,(H,9,10)(H2,6,7,8,11);1,7H,(H2,3,4,5,6). The van der Waals surface area contributed by atoms with E-state index in [9.17, 15) is 14.4 Å². The van der Waals surface area contributed by atoms with E-state index in [2.05, 4.69) is 15.4 Å². The van der Waals surface area contributed by atoms with Gasteiger partial charge in [-0.3, -0.25) is 20.1 Å². The van der Waals surface area contributed by atoms with Gasteiger partial charge in [0.15, 0.2) is 5.82 Å². The van der Waals surface area contributed by atoms with E-state index >= 15 is 0 Å². The summed E-state index contributed by atoms with van der Waals surface area (Å²) < 4.78 is 0. The van der Waals surface area contributed by atoms with Crippen LogP contribution in [0.5, 0.6) is 0 Å². The van der Waals surface area contributed by atoms with Crippen LogP contribution in [0.4, 0.5) is 5.82 Å². The highest BCUT2D eigenvalue weighted by Crippen LogP contribution is 1.89. The molecule has 2 aromatic rings. The molecule has 0 aliphatic heterocycles. The fourth-order valence-corrected chi connectivity index (χ4v) is 0.840. The summed E-state index contributed by atoms with van der Waals surface area (Å²) in [5.41, 5.74) is -0.170. The molecule has 0 atom stereocenters. The van der Waals surface area contributed by atoms with Gasteiger partial charge in [-0.25, -0.2) is 15.1 Å². The monoisotopic (exact) mass is 256 g/mol. The molecule has 0 aromatic carbocycles. The van der Waals surface area contributed by atoms with Crippen LogP contribution in [0.15, 0.2) is 21.9 Å². The summed E-state index contributed by atoms with van der Waals surface area (Å²) in [6, 6.07) is 0.795. The van der Waals surface area contributed by atoms with Crippen molar-refractivity contribution >= 4 is 11.8 Å². The quantitative estimate of drug-likeness (QED) is 0.346. The number of aromatic carboxylic acids is 1. The normalized spacial score (nSPS) is 9.17. The number of aromatic amines is 3. The Morgan fingerprint density at radius 2 is 2.06 bits per heavy atom. The maximum atomic E-state index is 10.5. The van der Waals surface area contributed by atoms with Gasteiger partial charge in [-0.2, -0.15) is 0 Å². The zero-order valence-corrected chi connectivity index (χ0v) is 8.67. The van der Waals surface area contributed by atoms with Crippen LogP contribution in [0.2, 0.25) is 0 Å². The summed E-state index contributed by atoms with van der Waals surface area (Å²) in [6.07, 6.45) is 1.43. The van der Waals surface area contributed by atoms with Gasteiger partial charge in [0.25, 0.3) is 5.56 Å². The lowest BCUT2D eigenvalue weighted by atomic mass is 10.4. The summed E-state index contributed by atoms with van der Waals surface area (Å²) in [5.74, 6) is -1.02. The molecular formula is C7H8N6O5. The third-order valence-electron chi connectivity index (χ3n) is 1.52. The van der Waals surface area contributed by atoms with E-state index in [1.807, 2.05) is 9.97 Å². The summed E-state index contributed by atoms with van der Waals surface area (Å²) >= 11 is 0. The Morgan fingerprint density at radius 1 is 1.33 bits per heavy atom. The molecule has 96 valence electrons. The number of nitrogens with one attached hydrogen (secondary N) is 4. The molecular weight excluding hydrogens is 248 g/mol. The van der Waals surface area contributed by atoms with Crippen molar-refractivity contribution in [2.75, 3.05) is 5.48 Å². The molecule has 2 heterocycles. The van der Waals surface area contributed by atoms with Gasteiger partial charge in [0, 0.05) is 6.07 Å². The zero-order valence-electron chi connectivity index (χ0n) is 8.67. The third kappa shape index (κ3) is 3.90. The second-order valence-electron chi connectivity index (χ2n) is 2.78. The highest BCUT2D eigenvalue weighted by Gasteiger charge is 2.03. The van der Waals surface area contributed by atoms with Crippen LogP contribution < -0.4 is 16.7 Å². The summed E-state index contributed by atoms with van der Waals surface area (Å²) in [4.78, 5) is 34.9. The summed E-state index contributed by atoms with van der Waals surface area (Å²) in [5, 5.41) is 25.4. The average Bonchev–Trinajstić information content (AvgIpc) is 2.81. The maximum Gasteiger partial charge on any atom is 0.352 e. The molecule has 0 fully saturated rings. The van der Waals surface area contributed by atoms with Crippen molar-refractivity contribution in [1.82, 2.24) is 25.4 Å². The van der Waals surface area contributed by atoms with Crippen molar-refractivity contribution < 1.29 is 15.1 Å². The number of carboxylic acids is 1. The van der Waals surface area contributed by atoms with Gasteiger partial charge in [0.05, 0.1) is 6.20 Å². The minimum atomic E-state index is -1.34. The van der Waals surface area contributed by atoms with Gasteiger partial charge in [-0.1, -0.05) is 5.21 Å². The van der Waals surface area contributed by atoms with E-state index in [4.69, 9.17) is 10.3 Å². The molecule has 0 spiro atoms. The second-order valence-corrected chi connectivity index (χ2v) is 2.78. The number of carbonyl (C=O) groups is 1. The van der Waals surface area contributed by atoms with Crippen LogP contribution >= 0.6 is 0 Å². The molecule has 0 unspecified atom stereocenters. The Balaban J connectivity index is 0.000000199. The van der Waals surface area contributed by atoms with Crippen LogP contribution in [-0.4, -0.2) is 41.7 Å². The molecule has 0 saturated heterocycles. The first-order chi connectivity index (χ1) is 8.52. The molecule has 2 aromatic heterocycles. The number of rotatable bonds is 2. The van der Waals surface area contributed by atoms with Crippen LogP contribution in [0.3, 0.4) is 0 Å². The van der Waals surface area contributed by atoms with E-state index in [0.717, 1.165) is 6.07 Å². The van der Waals surface area contributed by atoms with Crippen molar-refractivity contribution in [3.8, 4) is 0 Å². The molecule has 2 rings (SSSR count). The van der Waals surface area contributed by atoms with Gasteiger partial charge < -0.3 is 10.1 Å². The number of hydrogen-bond acceptors (Lipinski definition) is 7. The third-order valence-corrected chi connectivity index (χ3v) is 1.52. The molecule has 0 bridgehead atoms. The molecule has 0 saturated carbocycles. The first kappa shape index (κ1) is 13.1. The molecule has 0 amide bonds. The lowest BCUT2D eigenvalue weighted by Crippen LogP contribution is -2.24. The van der Waals surface area contributed by atoms with E-state index in [0.29, 0.717) is 5.82 Å². The summed E-state index contributed by atoms with van der Waals surface area (Å²) in [7, 11) is 0.